The third kappa shape index (κ3) is 3.13. The van der Waals surface area contributed by atoms with E-state index in [2.05, 4.69) is 9.97 Å². The van der Waals surface area contributed by atoms with Crippen LogP contribution in [0.15, 0.2) is 36.8 Å². The van der Waals surface area contributed by atoms with Crippen LogP contribution >= 0.6 is 11.6 Å². The van der Waals surface area contributed by atoms with Gasteiger partial charge in [-0.2, -0.15) is 0 Å². The third-order valence-corrected chi connectivity index (χ3v) is 5.79. The summed E-state index contributed by atoms with van der Waals surface area (Å²) in [7, 11) is 0. The molecule has 9 heteroatoms. The molecule has 3 aromatic rings. The van der Waals surface area contributed by atoms with Crippen molar-refractivity contribution in [2.75, 3.05) is 6.79 Å². The number of hydrogen-bond acceptors (Lipinski definition) is 7. The minimum Gasteiger partial charge on any atom is -0.387 e. The van der Waals surface area contributed by atoms with Crippen LogP contribution in [-0.2, 0) is 20.8 Å². The lowest BCUT2D eigenvalue weighted by atomic mass is 9.95. The second-order valence-electron chi connectivity index (χ2n) is 7.29. The van der Waals surface area contributed by atoms with Gasteiger partial charge in [-0.1, -0.05) is 17.7 Å². The predicted octanol–water partition coefficient (Wildman–Crippen LogP) is 2.26. The summed E-state index contributed by atoms with van der Waals surface area (Å²) in [6.45, 7) is 2.28. The van der Waals surface area contributed by atoms with Gasteiger partial charge in [0.2, 0.25) is 0 Å². The van der Waals surface area contributed by atoms with E-state index in [1.54, 1.807) is 16.8 Å². The van der Waals surface area contributed by atoms with Crippen LogP contribution in [0.2, 0.25) is 5.02 Å². The highest BCUT2D eigenvalue weighted by atomic mass is 35.5. The minimum absolute atomic E-state index is 0.0448. The van der Waals surface area contributed by atoms with Gasteiger partial charge in [0.15, 0.2) is 6.23 Å². The van der Waals surface area contributed by atoms with Crippen molar-refractivity contribution in [1.82, 2.24) is 14.5 Å². The van der Waals surface area contributed by atoms with Crippen LogP contribution in [0.5, 0.6) is 0 Å². The molecule has 29 heavy (non-hydrogen) atoms. The second kappa shape index (κ2) is 7.32. The molecule has 4 heterocycles. The molecule has 0 saturated carbocycles. The molecule has 5 rings (SSSR count). The number of hydrogen-bond donors (Lipinski definition) is 2. The summed E-state index contributed by atoms with van der Waals surface area (Å²) in [5, 5.41) is 23.0. The molecule has 2 N–H and O–H groups in total. The number of aromatic nitrogens is 3. The number of benzene rings is 1. The topological polar surface area (TPSA) is 98.9 Å². The van der Waals surface area contributed by atoms with Crippen LogP contribution in [0.1, 0.15) is 29.2 Å². The lowest BCUT2D eigenvalue weighted by Gasteiger charge is -2.25. The van der Waals surface area contributed by atoms with Gasteiger partial charge in [-0.3, -0.25) is 0 Å². The van der Waals surface area contributed by atoms with E-state index in [9.17, 15) is 10.2 Å². The summed E-state index contributed by atoms with van der Waals surface area (Å²) in [6, 6.07) is 7.28. The van der Waals surface area contributed by atoms with Crippen molar-refractivity contribution in [2.24, 2.45) is 0 Å². The fraction of sp³-hybridized carbons (Fsp3) is 0.400. The van der Waals surface area contributed by atoms with E-state index in [-0.39, 0.29) is 6.79 Å². The Morgan fingerprint density at radius 1 is 1.17 bits per heavy atom. The van der Waals surface area contributed by atoms with E-state index in [4.69, 9.17) is 25.8 Å². The summed E-state index contributed by atoms with van der Waals surface area (Å²) < 4.78 is 19.2. The molecule has 8 nitrogen and oxygen atoms in total. The van der Waals surface area contributed by atoms with Crippen LogP contribution in [0.25, 0.3) is 11.0 Å². The first-order valence-electron chi connectivity index (χ1n) is 9.32. The van der Waals surface area contributed by atoms with Crippen LogP contribution in [0, 0.1) is 6.92 Å². The van der Waals surface area contributed by atoms with Gasteiger partial charge in [0.1, 0.15) is 43.2 Å². The van der Waals surface area contributed by atoms with E-state index in [1.807, 2.05) is 25.1 Å². The maximum Gasteiger partial charge on any atom is 0.164 e. The molecular formula is C20H20ClN3O5. The van der Waals surface area contributed by atoms with Gasteiger partial charge in [-0.15, -0.1) is 0 Å². The molecule has 0 unspecified atom stereocenters. The van der Waals surface area contributed by atoms with Gasteiger partial charge in [-0.25, -0.2) is 9.97 Å². The summed E-state index contributed by atoms with van der Waals surface area (Å²) in [5.74, 6) is 0. The SMILES string of the molecule is Cc1ncnc2c1ccn2[C@@H]1O[C@H]([C@@H]2OCOCc3cc(Cl)ccc32)[C@@H](O)[C@H]1O. The molecule has 2 aliphatic rings. The predicted molar refractivity (Wildman–Crippen MR) is 103 cm³/mol. The Kier molecular flexibility index (Phi) is 4.78. The summed E-state index contributed by atoms with van der Waals surface area (Å²) in [6.07, 6.45) is -1.30. The van der Waals surface area contributed by atoms with E-state index in [0.29, 0.717) is 17.3 Å². The highest BCUT2D eigenvalue weighted by Crippen LogP contribution is 2.41. The Bertz CT molecular complexity index is 1060. The van der Waals surface area contributed by atoms with Crippen LogP contribution in [-0.4, -0.2) is 49.9 Å². The Labute approximate surface area is 171 Å². The molecule has 2 aliphatic heterocycles. The van der Waals surface area contributed by atoms with Crippen molar-refractivity contribution in [1.29, 1.82) is 0 Å². The van der Waals surface area contributed by atoms with E-state index < -0.39 is 30.6 Å². The number of ether oxygens (including phenoxy) is 3. The zero-order valence-electron chi connectivity index (χ0n) is 15.6. The molecule has 0 amide bonds. The van der Waals surface area contributed by atoms with Crippen LogP contribution in [0.4, 0.5) is 0 Å². The van der Waals surface area contributed by atoms with Crippen molar-refractivity contribution < 1.29 is 24.4 Å². The number of halogens is 1. The number of fused-ring (bicyclic) bond motifs is 2. The normalized spacial score (nSPS) is 29.7. The van der Waals surface area contributed by atoms with Gasteiger partial charge >= 0.3 is 0 Å². The van der Waals surface area contributed by atoms with E-state index in [1.165, 1.54) is 6.33 Å². The molecule has 0 radical (unpaired) electrons. The molecule has 1 fully saturated rings. The highest BCUT2D eigenvalue weighted by Gasteiger charge is 2.49. The van der Waals surface area contributed by atoms with Crippen LogP contribution < -0.4 is 0 Å². The molecule has 2 aromatic heterocycles. The van der Waals surface area contributed by atoms with E-state index in [0.717, 1.165) is 22.2 Å². The standard InChI is InChI=1S/C20H20ClN3O5/c1-10-13-4-5-24(19(13)23-8-22-10)20-16(26)15(25)18(29-20)17-14-3-2-12(21)6-11(14)7-27-9-28-17/h2-6,8,15-18,20,25-26H,7,9H2,1H3/t15-,16+,17+,18-,20+/m0/s1. The molecule has 0 bridgehead atoms. The molecule has 5 atom stereocenters. The molecule has 0 aliphatic carbocycles. The fourth-order valence-electron chi connectivity index (χ4n) is 4.08. The smallest absolute Gasteiger partial charge is 0.164 e. The average molecular weight is 418 g/mol. The molecule has 0 spiro atoms. The first-order chi connectivity index (χ1) is 14.0. The Hall–Kier alpha value is -2.07. The molecule has 1 saturated heterocycles. The first kappa shape index (κ1) is 18.9. The molecule has 1 aromatic carbocycles. The summed E-state index contributed by atoms with van der Waals surface area (Å²) >= 11 is 6.12. The van der Waals surface area contributed by atoms with E-state index >= 15 is 0 Å². The average Bonchev–Trinajstić information content (AvgIpc) is 3.18. The largest absolute Gasteiger partial charge is 0.387 e. The van der Waals surface area contributed by atoms with Crippen LogP contribution in [0.3, 0.4) is 0 Å². The monoisotopic (exact) mass is 417 g/mol. The van der Waals surface area contributed by atoms with Crippen molar-refractivity contribution in [3.63, 3.8) is 0 Å². The van der Waals surface area contributed by atoms with Crippen molar-refractivity contribution in [3.05, 3.63) is 58.6 Å². The van der Waals surface area contributed by atoms with Gasteiger partial charge in [0, 0.05) is 16.6 Å². The quantitative estimate of drug-likeness (QED) is 0.659. The fourth-order valence-corrected chi connectivity index (χ4v) is 4.27. The van der Waals surface area contributed by atoms with Gasteiger partial charge in [-0.05, 0) is 36.2 Å². The zero-order chi connectivity index (χ0) is 20.1. The lowest BCUT2D eigenvalue weighted by Crippen LogP contribution is -2.36. The number of rotatable bonds is 2. The number of aryl methyl sites for hydroxylation is 1. The van der Waals surface area contributed by atoms with Crippen molar-refractivity contribution in [2.45, 2.75) is 44.2 Å². The lowest BCUT2D eigenvalue weighted by molar-refractivity contribution is -0.151. The maximum absolute atomic E-state index is 10.8. The maximum atomic E-state index is 10.8. The van der Waals surface area contributed by atoms with Crippen molar-refractivity contribution >= 4 is 22.6 Å². The Morgan fingerprint density at radius 3 is 2.90 bits per heavy atom. The summed E-state index contributed by atoms with van der Waals surface area (Å²) in [4.78, 5) is 8.51. The molecular weight excluding hydrogens is 398 g/mol. The Balaban J connectivity index is 1.51. The molecule has 152 valence electrons. The van der Waals surface area contributed by atoms with Crippen molar-refractivity contribution in [3.8, 4) is 0 Å². The highest BCUT2D eigenvalue weighted by molar-refractivity contribution is 6.30. The Morgan fingerprint density at radius 2 is 2.03 bits per heavy atom. The van der Waals surface area contributed by atoms with Gasteiger partial charge in [0.25, 0.3) is 0 Å². The summed E-state index contributed by atoms with van der Waals surface area (Å²) in [5.41, 5.74) is 3.14. The number of nitrogens with zero attached hydrogens (tertiary/aromatic N) is 3. The minimum atomic E-state index is -1.16. The third-order valence-electron chi connectivity index (χ3n) is 5.56. The number of aliphatic hydroxyl groups excluding tert-OH is 2. The van der Waals surface area contributed by atoms with Gasteiger partial charge in [0.05, 0.1) is 12.3 Å². The first-order valence-corrected chi connectivity index (χ1v) is 9.70. The second-order valence-corrected chi connectivity index (χ2v) is 7.72. The van der Waals surface area contributed by atoms with Gasteiger partial charge < -0.3 is 29.0 Å². The number of aliphatic hydroxyl groups is 2. The zero-order valence-corrected chi connectivity index (χ0v) is 16.4.